The molecule has 15 heavy (non-hydrogen) atoms. The van der Waals surface area contributed by atoms with Crippen molar-refractivity contribution in [2.75, 3.05) is 19.8 Å². The fourth-order valence-corrected chi connectivity index (χ4v) is 1.53. The minimum absolute atomic E-state index is 0.296. The van der Waals surface area contributed by atoms with Crippen LogP contribution in [-0.2, 0) is 9.47 Å². The molecule has 1 N–H and O–H groups in total. The van der Waals surface area contributed by atoms with Crippen LogP contribution in [0.2, 0.25) is 0 Å². The maximum atomic E-state index is 5.64. The molecule has 0 aliphatic heterocycles. The third-order valence-corrected chi connectivity index (χ3v) is 2.17. The molecular weight excluding hydrogens is 190 g/mol. The summed E-state index contributed by atoms with van der Waals surface area (Å²) in [6.07, 6.45) is 1.65. The van der Waals surface area contributed by atoms with E-state index in [2.05, 4.69) is 26.1 Å². The zero-order valence-electron chi connectivity index (χ0n) is 10.9. The van der Waals surface area contributed by atoms with E-state index in [-0.39, 0.29) is 0 Å². The molecule has 0 amide bonds. The fourth-order valence-electron chi connectivity index (χ4n) is 1.53. The minimum Gasteiger partial charge on any atom is -0.376 e. The van der Waals surface area contributed by atoms with Crippen molar-refractivity contribution in [2.45, 2.75) is 59.3 Å². The first-order chi connectivity index (χ1) is 7.06. The Bertz CT molecular complexity index is 140. The Hall–Kier alpha value is -0.120. The second-order valence-electron chi connectivity index (χ2n) is 4.30. The summed E-state index contributed by atoms with van der Waals surface area (Å²) < 4.78 is 11.0. The van der Waals surface area contributed by atoms with Crippen LogP contribution in [0.5, 0.6) is 0 Å². The molecule has 0 aliphatic rings. The maximum absolute atomic E-state index is 5.64. The third kappa shape index (κ3) is 10.2. The lowest BCUT2D eigenvalue weighted by Gasteiger charge is -2.18. The summed E-state index contributed by atoms with van der Waals surface area (Å²) in [7, 11) is 0. The Morgan fingerprint density at radius 2 is 1.60 bits per heavy atom. The number of hydrogen-bond donors (Lipinski definition) is 1. The van der Waals surface area contributed by atoms with Gasteiger partial charge in [-0.2, -0.15) is 0 Å². The zero-order chi connectivity index (χ0) is 11.7. The van der Waals surface area contributed by atoms with Gasteiger partial charge in [0.15, 0.2) is 0 Å². The third-order valence-electron chi connectivity index (χ3n) is 2.17. The summed E-state index contributed by atoms with van der Waals surface area (Å²) >= 11 is 0. The molecular formula is C12H27NO2. The van der Waals surface area contributed by atoms with Gasteiger partial charge in [-0.25, -0.2) is 0 Å². The molecule has 0 aromatic heterocycles. The first-order valence-corrected chi connectivity index (χ1v) is 6.02. The van der Waals surface area contributed by atoms with Crippen LogP contribution < -0.4 is 5.32 Å². The molecule has 0 bridgehead atoms. The normalized spacial score (nSPS) is 15.6. The van der Waals surface area contributed by atoms with Crippen LogP contribution in [0.1, 0.15) is 41.0 Å². The van der Waals surface area contributed by atoms with E-state index >= 15 is 0 Å². The average molecular weight is 217 g/mol. The Morgan fingerprint density at radius 3 is 2.13 bits per heavy atom. The van der Waals surface area contributed by atoms with Crippen molar-refractivity contribution in [3.63, 3.8) is 0 Å². The fraction of sp³-hybridized carbons (Fsp3) is 1.00. The van der Waals surface area contributed by atoms with Crippen molar-refractivity contribution >= 4 is 0 Å². The highest BCUT2D eigenvalue weighted by Crippen LogP contribution is 2.02. The molecule has 0 aliphatic carbocycles. The Morgan fingerprint density at radius 1 is 1.00 bits per heavy atom. The Kier molecular flexibility index (Phi) is 9.06. The lowest BCUT2D eigenvalue weighted by atomic mass is 10.1. The number of ether oxygens (including phenoxy) is 2. The van der Waals surface area contributed by atoms with Crippen molar-refractivity contribution in [3.05, 3.63) is 0 Å². The second kappa shape index (κ2) is 9.13. The van der Waals surface area contributed by atoms with E-state index in [1.165, 1.54) is 0 Å². The van der Waals surface area contributed by atoms with Gasteiger partial charge in [0.1, 0.15) is 0 Å². The van der Waals surface area contributed by atoms with Crippen LogP contribution in [0, 0.1) is 0 Å². The maximum Gasteiger partial charge on any atom is 0.0704 e. The molecule has 0 saturated heterocycles. The summed E-state index contributed by atoms with van der Waals surface area (Å²) in [5.41, 5.74) is 0. The quantitative estimate of drug-likeness (QED) is 0.601. The van der Waals surface area contributed by atoms with Crippen molar-refractivity contribution in [1.82, 2.24) is 5.32 Å². The molecule has 0 radical (unpaired) electrons. The molecule has 2 atom stereocenters. The Balaban J connectivity index is 3.36. The van der Waals surface area contributed by atoms with Crippen LogP contribution in [0.4, 0.5) is 0 Å². The van der Waals surface area contributed by atoms with Crippen molar-refractivity contribution < 1.29 is 9.47 Å². The van der Waals surface area contributed by atoms with Gasteiger partial charge in [0.2, 0.25) is 0 Å². The van der Waals surface area contributed by atoms with Gasteiger partial charge in [-0.05, 0) is 40.7 Å². The predicted molar refractivity (Wildman–Crippen MR) is 64.3 cm³/mol. The minimum atomic E-state index is 0.296. The lowest BCUT2D eigenvalue weighted by Crippen LogP contribution is -2.30. The molecule has 0 saturated carbocycles. The number of hydrogen-bond acceptors (Lipinski definition) is 3. The molecule has 0 aromatic rings. The van der Waals surface area contributed by atoms with E-state index < -0.39 is 0 Å². The monoisotopic (exact) mass is 217 g/mol. The number of rotatable bonds is 9. The Labute approximate surface area is 94.5 Å². The summed E-state index contributed by atoms with van der Waals surface area (Å²) in [6, 6.07) is 0.524. The van der Waals surface area contributed by atoms with Crippen molar-refractivity contribution in [3.8, 4) is 0 Å². The van der Waals surface area contributed by atoms with Crippen molar-refractivity contribution in [1.29, 1.82) is 0 Å². The molecule has 0 aromatic carbocycles. The van der Waals surface area contributed by atoms with Crippen LogP contribution in [0.3, 0.4) is 0 Å². The van der Waals surface area contributed by atoms with Crippen LogP contribution in [-0.4, -0.2) is 38.0 Å². The number of nitrogens with one attached hydrogen (secondary N) is 1. The molecule has 0 rings (SSSR count). The summed E-state index contributed by atoms with van der Waals surface area (Å²) in [6.45, 7) is 12.9. The van der Waals surface area contributed by atoms with Crippen molar-refractivity contribution in [2.24, 2.45) is 0 Å². The topological polar surface area (TPSA) is 30.5 Å². The van der Waals surface area contributed by atoms with Gasteiger partial charge in [0.05, 0.1) is 25.4 Å². The largest absolute Gasteiger partial charge is 0.376 e. The molecule has 3 heteroatoms. The van der Waals surface area contributed by atoms with Gasteiger partial charge < -0.3 is 14.8 Å². The lowest BCUT2D eigenvalue weighted by molar-refractivity contribution is -0.0111. The molecule has 0 fully saturated rings. The summed E-state index contributed by atoms with van der Waals surface area (Å²) in [5.74, 6) is 0. The van der Waals surface area contributed by atoms with Gasteiger partial charge in [-0.1, -0.05) is 6.92 Å². The highest BCUT2D eigenvalue weighted by molar-refractivity contribution is 4.63. The van der Waals surface area contributed by atoms with E-state index in [1.807, 2.05) is 13.8 Å². The molecule has 2 unspecified atom stereocenters. The standard InChI is InChI=1S/C12H27NO2/c1-6-13-11(4)9-12(5)15-8-7-14-10(2)3/h10-13H,6-9H2,1-5H3. The highest BCUT2D eigenvalue weighted by atomic mass is 16.5. The first kappa shape index (κ1) is 14.9. The van der Waals surface area contributed by atoms with Crippen LogP contribution in [0.15, 0.2) is 0 Å². The smallest absolute Gasteiger partial charge is 0.0704 e. The van der Waals surface area contributed by atoms with Crippen LogP contribution >= 0.6 is 0 Å². The van der Waals surface area contributed by atoms with Gasteiger partial charge in [0, 0.05) is 6.04 Å². The predicted octanol–water partition coefficient (Wildman–Crippen LogP) is 2.20. The second-order valence-corrected chi connectivity index (χ2v) is 4.30. The van der Waals surface area contributed by atoms with Gasteiger partial charge >= 0.3 is 0 Å². The molecule has 0 heterocycles. The van der Waals surface area contributed by atoms with E-state index in [0.717, 1.165) is 13.0 Å². The summed E-state index contributed by atoms with van der Waals surface area (Å²) in [4.78, 5) is 0. The van der Waals surface area contributed by atoms with Gasteiger partial charge in [0.25, 0.3) is 0 Å². The van der Waals surface area contributed by atoms with E-state index in [9.17, 15) is 0 Å². The van der Waals surface area contributed by atoms with E-state index in [1.54, 1.807) is 0 Å². The average Bonchev–Trinajstić information content (AvgIpc) is 2.12. The molecule has 3 nitrogen and oxygen atoms in total. The SMILES string of the molecule is CCNC(C)CC(C)OCCOC(C)C. The first-order valence-electron chi connectivity index (χ1n) is 6.02. The molecule has 92 valence electrons. The van der Waals surface area contributed by atoms with E-state index in [4.69, 9.17) is 9.47 Å². The summed E-state index contributed by atoms with van der Waals surface area (Å²) in [5, 5.41) is 3.37. The van der Waals surface area contributed by atoms with Gasteiger partial charge in [-0.3, -0.25) is 0 Å². The van der Waals surface area contributed by atoms with E-state index in [0.29, 0.717) is 31.5 Å². The highest BCUT2D eigenvalue weighted by Gasteiger charge is 2.07. The molecule has 0 spiro atoms. The van der Waals surface area contributed by atoms with Crippen LogP contribution in [0.25, 0.3) is 0 Å². The van der Waals surface area contributed by atoms with Gasteiger partial charge in [-0.15, -0.1) is 0 Å². The zero-order valence-corrected chi connectivity index (χ0v) is 10.9.